The van der Waals surface area contributed by atoms with Gasteiger partial charge in [0.05, 0.1) is 29.9 Å². The van der Waals surface area contributed by atoms with Crippen LogP contribution in [0.3, 0.4) is 0 Å². The van der Waals surface area contributed by atoms with Crippen molar-refractivity contribution in [3.63, 3.8) is 0 Å². The number of hydrogen-bond donors (Lipinski definition) is 1. The lowest BCUT2D eigenvalue weighted by molar-refractivity contribution is 0.231. The maximum absolute atomic E-state index is 5.32. The van der Waals surface area contributed by atoms with E-state index in [4.69, 9.17) is 13.9 Å². The standard InChI is InChI=1S/C19H19N5O2/c1-12-6-7-13-14(10-12)21-18(20-13)15-4-2-8-24(15)11-17-22-19(26-23-17)16-5-3-9-25-16/h3,5-7,9-10,15H,2,4,8,11H2,1H3,(H,20,21)/t15-/m0/s1. The van der Waals surface area contributed by atoms with Gasteiger partial charge in [-0.3, -0.25) is 4.90 Å². The first kappa shape index (κ1) is 15.3. The Morgan fingerprint density at radius 3 is 3.12 bits per heavy atom. The van der Waals surface area contributed by atoms with E-state index in [-0.39, 0.29) is 6.04 Å². The fourth-order valence-electron chi connectivity index (χ4n) is 3.63. The molecule has 1 atom stereocenters. The highest BCUT2D eigenvalue weighted by atomic mass is 16.5. The molecule has 3 aromatic heterocycles. The van der Waals surface area contributed by atoms with Crippen LogP contribution in [-0.2, 0) is 6.54 Å². The van der Waals surface area contributed by atoms with Crippen LogP contribution in [-0.4, -0.2) is 31.6 Å². The van der Waals surface area contributed by atoms with Gasteiger partial charge in [-0.25, -0.2) is 4.98 Å². The van der Waals surface area contributed by atoms with Crippen molar-refractivity contribution < 1.29 is 8.94 Å². The Kier molecular flexibility index (Phi) is 3.60. The summed E-state index contributed by atoms with van der Waals surface area (Å²) in [6, 6.07) is 10.2. The van der Waals surface area contributed by atoms with Crippen molar-refractivity contribution in [2.24, 2.45) is 0 Å². The molecule has 0 aliphatic carbocycles. The maximum Gasteiger partial charge on any atom is 0.293 e. The molecule has 1 aromatic carbocycles. The lowest BCUT2D eigenvalue weighted by Gasteiger charge is -2.20. The molecule has 0 saturated carbocycles. The second kappa shape index (κ2) is 6.10. The van der Waals surface area contributed by atoms with Gasteiger partial charge in [0.1, 0.15) is 5.82 Å². The lowest BCUT2D eigenvalue weighted by Crippen LogP contribution is -2.24. The molecule has 1 saturated heterocycles. The number of rotatable bonds is 4. The molecule has 7 heteroatoms. The van der Waals surface area contributed by atoms with E-state index in [0.29, 0.717) is 24.0 Å². The average molecular weight is 349 g/mol. The lowest BCUT2D eigenvalue weighted by atomic mass is 10.2. The van der Waals surface area contributed by atoms with Crippen LogP contribution in [0.1, 0.15) is 36.1 Å². The third-order valence-corrected chi connectivity index (χ3v) is 4.88. The van der Waals surface area contributed by atoms with Gasteiger partial charge in [0, 0.05) is 0 Å². The summed E-state index contributed by atoms with van der Waals surface area (Å²) in [6.07, 6.45) is 3.80. The number of aryl methyl sites for hydroxylation is 1. The van der Waals surface area contributed by atoms with Gasteiger partial charge < -0.3 is 13.9 Å². The normalized spacial score (nSPS) is 18.1. The van der Waals surface area contributed by atoms with Gasteiger partial charge in [-0.2, -0.15) is 4.98 Å². The Morgan fingerprint density at radius 1 is 1.27 bits per heavy atom. The molecule has 5 rings (SSSR count). The molecule has 1 N–H and O–H groups in total. The number of nitrogens with one attached hydrogen (secondary N) is 1. The Labute approximate surface area is 150 Å². The highest BCUT2D eigenvalue weighted by Gasteiger charge is 2.30. The molecule has 0 amide bonds. The molecule has 0 spiro atoms. The summed E-state index contributed by atoms with van der Waals surface area (Å²) in [5, 5.41) is 4.10. The summed E-state index contributed by atoms with van der Waals surface area (Å²) in [5.74, 6) is 2.68. The summed E-state index contributed by atoms with van der Waals surface area (Å²) in [7, 11) is 0. The van der Waals surface area contributed by atoms with E-state index in [1.807, 2.05) is 6.07 Å². The van der Waals surface area contributed by atoms with Gasteiger partial charge >= 0.3 is 0 Å². The quantitative estimate of drug-likeness (QED) is 0.602. The van der Waals surface area contributed by atoms with Crippen LogP contribution in [0.25, 0.3) is 22.7 Å². The first-order valence-electron chi connectivity index (χ1n) is 8.83. The Hall–Kier alpha value is -2.93. The number of aromatic amines is 1. The monoisotopic (exact) mass is 349 g/mol. The summed E-state index contributed by atoms with van der Waals surface area (Å²) < 4.78 is 10.6. The molecule has 0 bridgehead atoms. The van der Waals surface area contributed by atoms with Crippen LogP contribution in [0.4, 0.5) is 0 Å². The molecule has 4 aromatic rings. The van der Waals surface area contributed by atoms with Gasteiger partial charge in [-0.15, -0.1) is 0 Å². The summed E-state index contributed by atoms with van der Waals surface area (Å²) >= 11 is 0. The van der Waals surface area contributed by atoms with E-state index in [9.17, 15) is 0 Å². The first-order valence-corrected chi connectivity index (χ1v) is 8.83. The van der Waals surface area contributed by atoms with E-state index in [2.05, 4.69) is 45.1 Å². The maximum atomic E-state index is 5.32. The SMILES string of the molecule is Cc1ccc2nc([C@@H]3CCCN3Cc3noc(-c4ccco4)n3)[nH]c2c1. The zero-order chi connectivity index (χ0) is 17.5. The largest absolute Gasteiger partial charge is 0.459 e. The molecule has 26 heavy (non-hydrogen) atoms. The van der Waals surface area contributed by atoms with Crippen LogP contribution in [0.5, 0.6) is 0 Å². The fourth-order valence-corrected chi connectivity index (χ4v) is 3.63. The number of benzene rings is 1. The van der Waals surface area contributed by atoms with Crippen LogP contribution in [0.2, 0.25) is 0 Å². The van der Waals surface area contributed by atoms with Crippen LogP contribution < -0.4 is 0 Å². The van der Waals surface area contributed by atoms with E-state index >= 15 is 0 Å². The smallest absolute Gasteiger partial charge is 0.293 e. The number of likely N-dealkylation sites (tertiary alicyclic amines) is 1. The Bertz CT molecular complexity index is 1030. The second-order valence-corrected chi connectivity index (χ2v) is 6.76. The average Bonchev–Trinajstić information content (AvgIpc) is 3.41. The molecular formula is C19H19N5O2. The van der Waals surface area contributed by atoms with Crippen molar-refractivity contribution >= 4 is 11.0 Å². The van der Waals surface area contributed by atoms with Crippen molar-refractivity contribution in [3.05, 3.63) is 53.8 Å². The zero-order valence-corrected chi connectivity index (χ0v) is 14.5. The second-order valence-electron chi connectivity index (χ2n) is 6.76. The van der Waals surface area contributed by atoms with Crippen molar-refractivity contribution in [1.29, 1.82) is 0 Å². The van der Waals surface area contributed by atoms with Crippen LogP contribution >= 0.6 is 0 Å². The molecule has 132 valence electrons. The molecular weight excluding hydrogens is 330 g/mol. The van der Waals surface area contributed by atoms with Crippen molar-refractivity contribution in [2.75, 3.05) is 6.54 Å². The minimum absolute atomic E-state index is 0.244. The van der Waals surface area contributed by atoms with E-state index in [1.54, 1.807) is 12.3 Å². The highest BCUT2D eigenvalue weighted by molar-refractivity contribution is 5.75. The first-order chi connectivity index (χ1) is 12.8. The number of hydrogen-bond acceptors (Lipinski definition) is 6. The summed E-state index contributed by atoms with van der Waals surface area (Å²) in [4.78, 5) is 15.1. The Balaban J connectivity index is 1.38. The molecule has 0 unspecified atom stereocenters. The van der Waals surface area contributed by atoms with Gasteiger partial charge in [0.25, 0.3) is 5.89 Å². The predicted molar refractivity (Wildman–Crippen MR) is 95.2 cm³/mol. The molecule has 7 nitrogen and oxygen atoms in total. The minimum atomic E-state index is 0.244. The van der Waals surface area contributed by atoms with E-state index in [1.165, 1.54) is 5.56 Å². The van der Waals surface area contributed by atoms with Crippen LogP contribution in [0, 0.1) is 6.92 Å². The molecule has 0 radical (unpaired) electrons. The van der Waals surface area contributed by atoms with Crippen molar-refractivity contribution in [1.82, 2.24) is 25.0 Å². The van der Waals surface area contributed by atoms with E-state index < -0.39 is 0 Å². The molecule has 1 aliphatic rings. The Morgan fingerprint density at radius 2 is 2.23 bits per heavy atom. The van der Waals surface area contributed by atoms with E-state index in [0.717, 1.165) is 36.2 Å². The summed E-state index contributed by atoms with van der Waals surface area (Å²) in [5.41, 5.74) is 3.33. The van der Waals surface area contributed by atoms with Gasteiger partial charge in [0.2, 0.25) is 0 Å². The molecule has 1 aliphatic heterocycles. The van der Waals surface area contributed by atoms with Gasteiger partial charge in [-0.05, 0) is 56.1 Å². The third-order valence-electron chi connectivity index (χ3n) is 4.88. The number of fused-ring (bicyclic) bond motifs is 1. The number of H-pyrrole nitrogens is 1. The number of imidazole rings is 1. The van der Waals surface area contributed by atoms with Gasteiger partial charge in [-0.1, -0.05) is 11.2 Å². The van der Waals surface area contributed by atoms with Gasteiger partial charge in [0.15, 0.2) is 11.6 Å². The summed E-state index contributed by atoms with van der Waals surface area (Å²) in [6.45, 7) is 3.71. The zero-order valence-electron chi connectivity index (χ0n) is 14.5. The predicted octanol–water partition coefficient (Wildman–Crippen LogP) is 3.85. The van der Waals surface area contributed by atoms with Crippen LogP contribution in [0.15, 0.2) is 45.5 Å². The number of furan rings is 1. The minimum Gasteiger partial charge on any atom is -0.459 e. The van der Waals surface area contributed by atoms with Crippen molar-refractivity contribution in [3.8, 4) is 11.7 Å². The number of nitrogens with zero attached hydrogens (tertiary/aromatic N) is 4. The third kappa shape index (κ3) is 2.70. The molecule has 4 heterocycles. The van der Waals surface area contributed by atoms with Crippen molar-refractivity contribution in [2.45, 2.75) is 32.4 Å². The topological polar surface area (TPSA) is 84.0 Å². The number of aromatic nitrogens is 4. The molecule has 1 fully saturated rings. The highest BCUT2D eigenvalue weighted by Crippen LogP contribution is 2.32. The fraction of sp³-hybridized carbons (Fsp3) is 0.316.